The maximum atomic E-state index is 12.2. The number of hydrogen-bond acceptors (Lipinski definition) is 5. The molecule has 0 saturated heterocycles. The van der Waals surface area contributed by atoms with Crippen LogP contribution in [0.2, 0.25) is 0 Å². The SMILES string of the molecule is CCCCC/C=C\C/C=C\CCCCCCCCCCCC(=O)O[C@@H](CO)COC(=O)CCCCCCCCCCCCCC. The first-order chi connectivity index (χ1) is 22.1. The van der Waals surface area contributed by atoms with Gasteiger partial charge in [0.05, 0.1) is 6.61 Å². The van der Waals surface area contributed by atoms with Crippen LogP contribution in [0.1, 0.15) is 200 Å². The largest absolute Gasteiger partial charge is 0.462 e. The standard InChI is InChI=1S/C40H74O5/c1-3-5-7-9-11-13-15-17-18-19-20-21-22-23-25-27-29-31-33-35-40(43)45-38(36-41)37-44-39(42)34-32-30-28-26-24-16-14-12-10-8-6-4-2/h11,13,17-18,38,41H,3-10,12,14-16,19-37H2,1-2H3/b13-11-,18-17-/t38-/m0/s1. The van der Waals surface area contributed by atoms with E-state index in [4.69, 9.17) is 9.47 Å². The van der Waals surface area contributed by atoms with E-state index in [1.807, 2.05) is 0 Å². The highest BCUT2D eigenvalue weighted by Crippen LogP contribution is 2.14. The Labute approximate surface area is 279 Å². The number of aliphatic hydroxyl groups excluding tert-OH is 1. The van der Waals surface area contributed by atoms with Crippen LogP contribution in [-0.2, 0) is 19.1 Å². The fraction of sp³-hybridized carbons (Fsp3) is 0.850. The van der Waals surface area contributed by atoms with Crippen molar-refractivity contribution in [2.45, 2.75) is 206 Å². The molecule has 1 N–H and O–H groups in total. The predicted octanol–water partition coefficient (Wildman–Crippen LogP) is 11.9. The average Bonchev–Trinajstić information content (AvgIpc) is 3.04. The first-order valence-electron chi connectivity index (χ1n) is 19.4. The molecule has 0 aromatic heterocycles. The molecule has 45 heavy (non-hydrogen) atoms. The van der Waals surface area contributed by atoms with E-state index in [0.29, 0.717) is 12.8 Å². The Hall–Kier alpha value is -1.62. The first kappa shape index (κ1) is 43.4. The lowest BCUT2D eigenvalue weighted by Gasteiger charge is -2.15. The Balaban J connectivity index is 3.54. The molecular weight excluding hydrogens is 560 g/mol. The van der Waals surface area contributed by atoms with Gasteiger partial charge in [-0.2, -0.15) is 0 Å². The quantitative estimate of drug-likeness (QED) is 0.0426. The van der Waals surface area contributed by atoms with Gasteiger partial charge in [0.1, 0.15) is 6.61 Å². The van der Waals surface area contributed by atoms with Gasteiger partial charge >= 0.3 is 11.9 Å². The third-order valence-corrected chi connectivity index (χ3v) is 8.50. The molecule has 0 radical (unpaired) electrons. The van der Waals surface area contributed by atoms with Crippen molar-refractivity contribution in [1.29, 1.82) is 0 Å². The predicted molar refractivity (Wildman–Crippen MR) is 191 cm³/mol. The maximum absolute atomic E-state index is 12.2. The average molecular weight is 635 g/mol. The number of hydrogen-bond donors (Lipinski definition) is 1. The van der Waals surface area contributed by atoms with E-state index in [-0.39, 0.29) is 25.2 Å². The lowest BCUT2D eigenvalue weighted by Crippen LogP contribution is -2.28. The van der Waals surface area contributed by atoms with Crippen molar-refractivity contribution < 1.29 is 24.2 Å². The maximum Gasteiger partial charge on any atom is 0.306 e. The lowest BCUT2D eigenvalue weighted by atomic mass is 10.0. The molecule has 0 saturated carbocycles. The Morgan fingerprint density at radius 3 is 1.36 bits per heavy atom. The molecule has 0 heterocycles. The minimum absolute atomic E-state index is 0.0633. The van der Waals surface area contributed by atoms with Gasteiger partial charge in [0.25, 0.3) is 0 Å². The summed E-state index contributed by atoms with van der Waals surface area (Å²) in [5.41, 5.74) is 0. The monoisotopic (exact) mass is 635 g/mol. The zero-order valence-electron chi connectivity index (χ0n) is 29.9. The topological polar surface area (TPSA) is 72.8 Å². The second-order valence-electron chi connectivity index (χ2n) is 13.0. The third kappa shape index (κ3) is 35.1. The van der Waals surface area contributed by atoms with Crippen molar-refractivity contribution in [2.75, 3.05) is 13.2 Å². The molecule has 0 spiro atoms. The molecule has 1 atom stereocenters. The highest BCUT2D eigenvalue weighted by molar-refractivity contribution is 5.70. The summed E-state index contributed by atoms with van der Waals surface area (Å²) >= 11 is 0. The summed E-state index contributed by atoms with van der Waals surface area (Å²) < 4.78 is 10.6. The molecule has 264 valence electrons. The molecule has 5 nitrogen and oxygen atoms in total. The van der Waals surface area contributed by atoms with Gasteiger partial charge < -0.3 is 14.6 Å². The van der Waals surface area contributed by atoms with Crippen LogP contribution in [0, 0.1) is 0 Å². The summed E-state index contributed by atoms with van der Waals surface area (Å²) in [6.45, 7) is 4.11. The zero-order valence-corrected chi connectivity index (χ0v) is 29.9. The highest BCUT2D eigenvalue weighted by Gasteiger charge is 2.16. The third-order valence-electron chi connectivity index (χ3n) is 8.50. The Morgan fingerprint density at radius 2 is 0.889 bits per heavy atom. The van der Waals surface area contributed by atoms with Crippen LogP contribution < -0.4 is 0 Å². The van der Waals surface area contributed by atoms with E-state index < -0.39 is 6.10 Å². The molecule has 0 aromatic rings. The van der Waals surface area contributed by atoms with E-state index >= 15 is 0 Å². The Bertz CT molecular complexity index is 686. The van der Waals surface area contributed by atoms with Crippen LogP contribution in [0.4, 0.5) is 0 Å². The zero-order chi connectivity index (χ0) is 32.9. The molecule has 0 unspecified atom stereocenters. The summed E-state index contributed by atoms with van der Waals surface area (Å²) in [4.78, 5) is 24.2. The smallest absolute Gasteiger partial charge is 0.306 e. The Morgan fingerprint density at radius 1 is 0.511 bits per heavy atom. The molecule has 0 bridgehead atoms. The fourth-order valence-electron chi connectivity index (χ4n) is 5.53. The van der Waals surface area contributed by atoms with Gasteiger partial charge in [0, 0.05) is 12.8 Å². The minimum atomic E-state index is -0.768. The lowest BCUT2D eigenvalue weighted by molar-refractivity contribution is -0.161. The summed E-state index contributed by atoms with van der Waals surface area (Å²) in [5, 5.41) is 9.54. The van der Waals surface area contributed by atoms with Crippen molar-refractivity contribution in [3.63, 3.8) is 0 Å². The van der Waals surface area contributed by atoms with Crippen molar-refractivity contribution in [3.05, 3.63) is 24.3 Å². The van der Waals surface area contributed by atoms with Gasteiger partial charge in [0.15, 0.2) is 6.10 Å². The van der Waals surface area contributed by atoms with E-state index in [0.717, 1.165) is 44.9 Å². The summed E-state index contributed by atoms with van der Waals surface area (Å²) in [5.74, 6) is -0.590. The van der Waals surface area contributed by atoms with Gasteiger partial charge in [-0.3, -0.25) is 9.59 Å². The first-order valence-corrected chi connectivity index (χ1v) is 19.4. The highest BCUT2D eigenvalue weighted by atomic mass is 16.6. The molecule has 0 rings (SSSR count). The molecule has 0 amide bonds. The number of allylic oxidation sites excluding steroid dienone is 4. The Kier molecular flexibility index (Phi) is 35.5. The van der Waals surface area contributed by atoms with Crippen molar-refractivity contribution >= 4 is 11.9 Å². The van der Waals surface area contributed by atoms with Crippen molar-refractivity contribution in [1.82, 2.24) is 0 Å². The second kappa shape index (κ2) is 36.8. The summed E-state index contributed by atoms with van der Waals surface area (Å²) in [7, 11) is 0. The van der Waals surface area contributed by atoms with E-state index in [1.54, 1.807) is 0 Å². The van der Waals surface area contributed by atoms with Crippen LogP contribution in [-0.4, -0.2) is 36.4 Å². The molecule has 0 aliphatic carbocycles. The van der Waals surface area contributed by atoms with E-state index in [9.17, 15) is 14.7 Å². The minimum Gasteiger partial charge on any atom is -0.462 e. The fourth-order valence-corrected chi connectivity index (χ4v) is 5.53. The van der Waals surface area contributed by atoms with Gasteiger partial charge in [-0.1, -0.05) is 167 Å². The van der Waals surface area contributed by atoms with Gasteiger partial charge in [-0.25, -0.2) is 0 Å². The number of unbranched alkanes of at least 4 members (excludes halogenated alkanes) is 23. The van der Waals surface area contributed by atoms with Gasteiger partial charge in [-0.15, -0.1) is 0 Å². The molecular formula is C40H74O5. The molecule has 5 heteroatoms. The normalized spacial score (nSPS) is 12.3. The molecule has 0 aromatic carbocycles. The number of carbonyl (C=O) groups excluding carboxylic acids is 2. The number of carbonyl (C=O) groups is 2. The number of aliphatic hydroxyl groups is 1. The van der Waals surface area contributed by atoms with Crippen LogP contribution in [0.25, 0.3) is 0 Å². The number of esters is 2. The van der Waals surface area contributed by atoms with Crippen LogP contribution in [0.15, 0.2) is 24.3 Å². The van der Waals surface area contributed by atoms with Gasteiger partial charge in [0.2, 0.25) is 0 Å². The summed E-state index contributed by atoms with van der Waals surface area (Å²) in [6, 6.07) is 0. The van der Waals surface area contributed by atoms with Crippen LogP contribution in [0.3, 0.4) is 0 Å². The van der Waals surface area contributed by atoms with E-state index in [2.05, 4.69) is 38.2 Å². The van der Waals surface area contributed by atoms with Crippen molar-refractivity contribution in [2.24, 2.45) is 0 Å². The number of ether oxygens (including phenoxy) is 2. The molecule has 0 aliphatic heterocycles. The van der Waals surface area contributed by atoms with Crippen LogP contribution >= 0.6 is 0 Å². The molecule has 0 fully saturated rings. The van der Waals surface area contributed by atoms with Crippen molar-refractivity contribution in [3.8, 4) is 0 Å². The van der Waals surface area contributed by atoms with Gasteiger partial charge in [-0.05, 0) is 44.9 Å². The summed E-state index contributed by atoms with van der Waals surface area (Å²) in [6.07, 6.45) is 42.3. The number of rotatable bonds is 35. The second-order valence-corrected chi connectivity index (χ2v) is 13.0. The van der Waals surface area contributed by atoms with Crippen LogP contribution in [0.5, 0.6) is 0 Å². The van der Waals surface area contributed by atoms with E-state index in [1.165, 1.54) is 128 Å². The molecule has 0 aliphatic rings.